The molecule has 0 radical (unpaired) electrons. The minimum atomic E-state index is -3.51. The number of piperazine rings is 1. The summed E-state index contributed by atoms with van der Waals surface area (Å²) in [5, 5.41) is 0. The van der Waals surface area contributed by atoms with Gasteiger partial charge in [-0.05, 0) is 31.3 Å². The summed E-state index contributed by atoms with van der Waals surface area (Å²) in [6.45, 7) is 4.20. The zero-order chi connectivity index (χ0) is 17.9. The zero-order valence-corrected chi connectivity index (χ0v) is 15.6. The van der Waals surface area contributed by atoms with Gasteiger partial charge >= 0.3 is 0 Å². The Morgan fingerprint density at radius 3 is 2.28 bits per heavy atom. The van der Waals surface area contributed by atoms with Crippen LogP contribution in [-0.4, -0.2) is 62.6 Å². The van der Waals surface area contributed by atoms with Crippen molar-refractivity contribution in [1.82, 2.24) is 19.1 Å². The Balaban J connectivity index is 1.78. The van der Waals surface area contributed by atoms with Crippen molar-refractivity contribution in [2.75, 3.05) is 39.8 Å². The van der Waals surface area contributed by atoms with Crippen LogP contribution >= 0.6 is 0 Å². The van der Waals surface area contributed by atoms with Crippen molar-refractivity contribution < 1.29 is 8.42 Å². The molecule has 2 aromatic rings. The number of nitrogens with zero attached hydrogens (tertiary/aromatic N) is 3. The van der Waals surface area contributed by atoms with Crippen LogP contribution in [0.2, 0.25) is 0 Å². The highest BCUT2D eigenvalue weighted by Crippen LogP contribution is 2.22. The van der Waals surface area contributed by atoms with Crippen molar-refractivity contribution in [2.24, 2.45) is 7.05 Å². The van der Waals surface area contributed by atoms with Gasteiger partial charge in [-0.1, -0.05) is 18.2 Å². The third-order valence-electron chi connectivity index (χ3n) is 4.82. The molecule has 0 saturated carbocycles. The number of aryl methyl sites for hydroxylation is 1. The Bertz CT molecular complexity index is 780. The first-order valence-corrected chi connectivity index (χ1v) is 10.0. The van der Waals surface area contributed by atoms with Gasteiger partial charge in [0.1, 0.15) is 0 Å². The van der Waals surface area contributed by atoms with E-state index >= 15 is 0 Å². The normalized spacial score (nSPS) is 18.3. The SMILES string of the molecule is CN1CCN([C@@H](CNS(=O)(=O)c2ccccc2)c2cccn2C)CC1. The highest BCUT2D eigenvalue weighted by Gasteiger charge is 2.27. The Labute approximate surface area is 150 Å². The summed E-state index contributed by atoms with van der Waals surface area (Å²) >= 11 is 0. The molecule has 1 aromatic carbocycles. The average Bonchev–Trinajstić information content (AvgIpc) is 3.03. The standard InChI is InChI=1S/C18H26N4O2S/c1-20-11-13-22(14-12-20)18(17-9-6-10-21(17)2)15-19-25(23,24)16-7-4-3-5-8-16/h3-10,18-19H,11-15H2,1-2H3/t18-/m0/s1. The van der Waals surface area contributed by atoms with Gasteiger partial charge in [0.05, 0.1) is 10.9 Å². The molecule has 1 fully saturated rings. The van der Waals surface area contributed by atoms with E-state index in [1.54, 1.807) is 24.3 Å². The summed E-state index contributed by atoms with van der Waals surface area (Å²) in [5.74, 6) is 0. The van der Waals surface area contributed by atoms with Crippen LogP contribution in [0.25, 0.3) is 0 Å². The van der Waals surface area contributed by atoms with E-state index in [9.17, 15) is 8.42 Å². The van der Waals surface area contributed by atoms with Crippen LogP contribution in [0, 0.1) is 0 Å². The lowest BCUT2D eigenvalue weighted by Crippen LogP contribution is -2.48. The minimum Gasteiger partial charge on any atom is -0.353 e. The van der Waals surface area contributed by atoms with Gasteiger partial charge in [0, 0.05) is 51.7 Å². The number of nitrogens with one attached hydrogen (secondary N) is 1. The largest absolute Gasteiger partial charge is 0.353 e. The molecular weight excluding hydrogens is 336 g/mol. The molecule has 1 aliphatic rings. The molecule has 1 N–H and O–H groups in total. The summed E-state index contributed by atoms with van der Waals surface area (Å²) in [6, 6.07) is 12.6. The second kappa shape index (κ2) is 7.70. The number of sulfonamides is 1. The lowest BCUT2D eigenvalue weighted by atomic mass is 10.1. The monoisotopic (exact) mass is 362 g/mol. The van der Waals surface area contributed by atoms with Gasteiger partial charge in [-0.3, -0.25) is 4.90 Å². The molecule has 2 heterocycles. The van der Waals surface area contributed by atoms with E-state index < -0.39 is 10.0 Å². The molecule has 0 bridgehead atoms. The van der Waals surface area contributed by atoms with Gasteiger partial charge in [-0.2, -0.15) is 0 Å². The van der Waals surface area contributed by atoms with Crippen LogP contribution in [0.5, 0.6) is 0 Å². The first-order chi connectivity index (χ1) is 12.0. The minimum absolute atomic E-state index is 0.0205. The maximum Gasteiger partial charge on any atom is 0.240 e. The first-order valence-electron chi connectivity index (χ1n) is 8.56. The van der Waals surface area contributed by atoms with E-state index in [0.29, 0.717) is 11.4 Å². The second-order valence-corrected chi connectivity index (χ2v) is 8.33. The third-order valence-corrected chi connectivity index (χ3v) is 6.26. The van der Waals surface area contributed by atoms with Gasteiger partial charge in [0.15, 0.2) is 0 Å². The van der Waals surface area contributed by atoms with E-state index in [2.05, 4.69) is 32.2 Å². The van der Waals surface area contributed by atoms with Gasteiger partial charge in [0.25, 0.3) is 0 Å². The van der Waals surface area contributed by atoms with Crippen molar-refractivity contribution in [3.8, 4) is 0 Å². The van der Waals surface area contributed by atoms with E-state index in [1.165, 1.54) is 0 Å². The highest BCUT2D eigenvalue weighted by molar-refractivity contribution is 7.89. The number of rotatable bonds is 6. The predicted octanol–water partition coefficient (Wildman–Crippen LogP) is 1.29. The lowest BCUT2D eigenvalue weighted by molar-refractivity contribution is 0.109. The summed E-state index contributed by atoms with van der Waals surface area (Å²) in [5.41, 5.74) is 1.13. The molecular formula is C18H26N4O2S. The highest BCUT2D eigenvalue weighted by atomic mass is 32.2. The van der Waals surface area contributed by atoms with Crippen LogP contribution < -0.4 is 4.72 Å². The summed E-state index contributed by atoms with van der Waals surface area (Å²) in [7, 11) is 0.617. The van der Waals surface area contributed by atoms with E-state index in [1.807, 2.05) is 25.4 Å². The molecule has 1 aliphatic heterocycles. The Hall–Kier alpha value is -1.67. The molecule has 25 heavy (non-hydrogen) atoms. The molecule has 3 rings (SSSR count). The molecule has 0 aliphatic carbocycles. The van der Waals surface area contributed by atoms with E-state index in [4.69, 9.17) is 0 Å². The molecule has 0 amide bonds. The molecule has 7 heteroatoms. The van der Waals surface area contributed by atoms with Crippen molar-refractivity contribution in [3.63, 3.8) is 0 Å². The second-order valence-electron chi connectivity index (χ2n) is 6.56. The Morgan fingerprint density at radius 1 is 1.00 bits per heavy atom. The average molecular weight is 362 g/mol. The van der Waals surface area contributed by atoms with Crippen LogP contribution in [0.1, 0.15) is 11.7 Å². The molecule has 0 unspecified atom stereocenters. The predicted molar refractivity (Wildman–Crippen MR) is 98.9 cm³/mol. The van der Waals surface area contributed by atoms with Gasteiger partial charge in [0.2, 0.25) is 10.0 Å². The van der Waals surface area contributed by atoms with Gasteiger partial charge in [-0.25, -0.2) is 13.1 Å². The molecule has 0 spiro atoms. The summed E-state index contributed by atoms with van der Waals surface area (Å²) in [6.07, 6.45) is 2.00. The fourth-order valence-corrected chi connectivity index (χ4v) is 4.31. The number of benzene rings is 1. The fourth-order valence-electron chi connectivity index (χ4n) is 3.25. The molecule has 1 atom stereocenters. The van der Waals surface area contributed by atoms with Crippen molar-refractivity contribution in [1.29, 1.82) is 0 Å². The van der Waals surface area contributed by atoms with Crippen molar-refractivity contribution in [2.45, 2.75) is 10.9 Å². The third kappa shape index (κ3) is 4.30. The van der Waals surface area contributed by atoms with Crippen LogP contribution in [0.15, 0.2) is 53.6 Å². The topological polar surface area (TPSA) is 57.6 Å². The zero-order valence-electron chi connectivity index (χ0n) is 14.8. The van der Waals surface area contributed by atoms with Crippen molar-refractivity contribution in [3.05, 3.63) is 54.4 Å². The molecule has 1 aromatic heterocycles. The van der Waals surface area contributed by atoms with E-state index in [0.717, 1.165) is 31.9 Å². The molecule has 136 valence electrons. The number of aromatic nitrogens is 1. The van der Waals surface area contributed by atoms with Gasteiger partial charge in [-0.15, -0.1) is 0 Å². The van der Waals surface area contributed by atoms with Crippen molar-refractivity contribution >= 4 is 10.0 Å². The maximum absolute atomic E-state index is 12.6. The summed E-state index contributed by atoms with van der Waals surface area (Å²) < 4.78 is 30.0. The molecule has 1 saturated heterocycles. The van der Waals surface area contributed by atoms with Crippen LogP contribution in [-0.2, 0) is 17.1 Å². The Morgan fingerprint density at radius 2 is 1.68 bits per heavy atom. The number of hydrogen-bond donors (Lipinski definition) is 1. The smallest absolute Gasteiger partial charge is 0.240 e. The number of likely N-dealkylation sites (N-methyl/N-ethyl adjacent to an activating group) is 1. The fraction of sp³-hybridized carbons (Fsp3) is 0.444. The summed E-state index contributed by atoms with van der Waals surface area (Å²) in [4.78, 5) is 4.97. The lowest BCUT2D eigenvalue weighted by Gasteiger charge is -2.38. The molecule has 6 nitrogen and oxygen atoms in total. The van der Waals surface area contributed by atoms with Crippen LogP contribution in [0.4, 0.5) is 0 Å². The number of hydrogen-bond acceptors (Lipinski definition) is 4. The Kier molecular flexibility index (Phi) is 5.58. The first kappa shape index (κ1) is 18.1. The maximum atomic E-state index is 12.6. The van der Waals surface area contributed by atoms with E-state index in [-0.39, 0.29) is 6.04 Å². The van der Waals surface area contributed by atoms with Crippen LogP contribution in [0.3, 0.4) is 0 Å². The van der Waals surface area contributed by atoms with Gasteiger partial charge < -0.3 is 9.47 Å². The quantitative estimate of drug-likeness (QED) is 0.841.